The van der Waals surface area contributed by atoms with Crippen molar-refractivity contribution >= 4 is 22.6 Å². The van der Waals surface area contributed by atoms with Gasteiger partial charge in [0, 0.05) is 11.6 Å². The molecule has 0 spiro atoms. The number of nitrogens with zero attached hydrogens (tertiary/aromatic N) is 3. The highest BCUT2D eigenvalue weighted by Crippen LogP contribution is 2.31. The molecule has 9 heteroatoms. The molecule has 3 heterocycles. The lowest BCUT2D eigenvalue weighted by Crippen LogP contribution is -2.23. The molecule has 1 atom stereocenters. The quantitative estimate of drug-likeness (QED) is 0.320. The van der Waals surface area contributed by atoms with E-state index in [1.165, 1.54) is 11.6 Å². The number of nitrogens with one attached hydrogen (secondary N) is 2. The molecule has 1 amide bonds. The van der Waals surface area contributed by atoms with Gasteiger partial charge in [-0.2, -0.15) is 5.21 Å². The minimum Gasteiger partial charge on any atom is -0.490 e. The van der Waals surface area contributed by atoms with E-state index in [0.29, 0.717) is 16.6 Å². The van der Waals surface area contributed by atoms with Gasteiger partial charge in [0.2, 0.25) is 5.82 Å². The Bertz CT molecular complexity index is 1650. The summed E-state index contributed by atoms with van der Waals surface area (Å²) in [7, 11) is 0. The van der Waals surface area contributed by atoms with E-state index in [4.69, 9.17) is 9.15 Å². The number of benzene rings is 3. The number of amides is 1. The fraction of sp³-hybridized carbons (Fsp3) is 0.207. The summed E-state index contributed by atoms with van der Waals surface area (Å²) in [5.74, 6) is 0.830. The van der Waals surface area contributed by atoms with Crippen molar-refractivity contribution in [2.75, 3.05) is 5.32 Å². The van der Waals surface area contributed by atoms with Crippen LogP contribution in [0.3, 0.4) is 0 Å². The number of H-pyrrole nitrogens is 1. The largest absolute Gasteiger partial charge is 0.490 e. The lowest BCUT2D eigenvalue weighted by Gasteiger charge is -2.26. The molecular formula is C29H25N5O4. The number of hydrogen-bond donors (Lipinski definition) is 2. The van der Waals surface area contributed by atoms with Crippen LogP contribution in [-0.4, -0.2) is 32.6 Å². The number of aromatic nitrogens is 4. The zero-order valence-corrected chi connectivity index (χ0v) is 20.5. The normalized spacial score (nSPS) is 14.6. The van der Waals surface area contributed by atoms with Crippen LogP contribution in [0.2, 0.25) is 0 Å². The number of para-hydroxylation sites is 1. The van der Waals surface area contributed by atoms with Crippen LogP contribution in [0.1, 0.15) is 40.7 Å². The van der Waals surface area contributed by atoms with E-state index < -0.39 is 0 Å². The van der Waals surface area contributed by atoms with Gasteiger partial charge >= 0.3 is 0 Å². The van der Waals surface area contributed by atoms with Gasteiger partial charge in [-0.1, -0.05) is 36.4 Å². The second-order valence-electron chi connectivity index (χ2n) is 9.33. The molecule has 1 unspecified atom stereocenters. The lowest BCUT2D eigenvalue weighted by molar-refractivity contribution is 0.102. The third-order valence-corrected chi connectivity index (χ3v) is 6.75. The number of carbonyl (C=O) groups is 1. The summed E-state index contributed by atoms with van der Waals surface area (Å²) in [5.41, 5.74) is 3.21. The summed E-state index contributed by atoms with van der Waals surface area (Å²) >= 11 is 0. The van der Waals surface area contributed by atoms with E-state index in [1.807, 2.05) is 18.2 Å². The number of aryl methyl sites for hydroxylation is 2. The molecule has 1 aliphatic heterocycles. The average molecular weight is 508 g/mol. The smallest absolute Gasteiger partial charge is 0.255 e. The number of rotatable bonds is 7. The fourth-order valence-electron chi connectivity index (χ4n) is 4.81. The molecule has 190 valence electrons. The number of anilines is 1. The highest BCUT2D eigenvalue weighted by Gasteiger charge is 2.21. The van der Waals surface area contributed by atoms with E-state index >= 15 is 0 Å². The van der Waals surface area contributed by atoms with Crippen molar-refractivity contribution in [1.82, 2.24) is 20.6 Å². The Kier molecular flexibility index (Phi) is 6.39. The molecule has 38 heavy (non-hydrogen) atoms. The molecular weight excluding hydrogens is 482 g/mol. The molecule has 9 nitrogen and oxygen atoms in total. The van der Waals surface area contributed by atoms with E-state index in [0.717, 1.165) is 43.4 Å². The number of tetrazole rings is 1. The van der Waals surface area contributed by atoms with Crippen molar-refractivity contribution in [3.63, 3.8) is 0 Å². The second-order valence-corrected chi connectivity index (χ2v) is 9.33. The van der Waals surface area contributed by atoms with Crippen molar-refractivity contribution in [3.8, 4) is 17.3 Å². The van der Waals surface area contributed by atoms with E-state index in [-0.39, 0.29) is 34.6 Å². The molecule has 6 rings (SSSR count). The van der Waals surface area contributed by atoms with Crippen LogP contribution >= 0.6 is 0 Å². The average Bonchev–Trinajstić information content (AvgIpc) is 3.49. The van der Waals surface area contributed by atoms with Gasteiger partial charge in [-0.05, 0) is 78.8 Å². The van der Waals surface area contributed by atoms with Crippen LogP contribution in [0, 0.1) is 0 Å². The Labute approximate surface area is 217 Å². The van der Waals surface area contributed by atoms with Crippen LogP contribution in [0.5, 0.6) is 5.75 Å². The number of carbonyl (C=O) groups excluding carboxylic acids is 1. The topological polar surface area (TPSA) is 123 Å². The van der Waals surface area contributed by atoms with Crippen LogP contribution in [0.25, 0.3) is 22.6 Å². The molecule has 0 bridgehead atoms. The molecule has 0 saturated heterocycles. The first-order chi connectivity index (χ1) is 18.6. The zero-order valence-electron chi connectivity index (χ0n) is 20.5. The first kappa shape index (κ1) is 23.6. The molecule has 2 N–H and O–H groups in total. The maximum atomic E-state index is 13.2. The first-order valence-electron chi connectivity index (χ1n) is 12.6. The van der Waals surface area contributed by atoms with Gasteiger partial charge in [0.1, 0.15) is 5.75 Å². The summed E-state index contributed by atoms with van der Waals surface area (Å²) in [6.45, 7) is 0. The Morgan fingerprint density at radius 2 is 1.95 bits per heavy atom. The molecule has 3 aromatic carbocycles. The molecule has 0 radical (unpaired) electrons. The number of aromatic amines is 1. The number of fused-ring (bicyclic) bond motifs is 2. The van der Waals surface area contributed by atoms with Crippen molar-refractivity contribution in [1.29, 1.82) is 0 Å². The highest BCUT2D eigenvalue weighted by molar-refractivity contribution is 6.08. The Morgan fingerprint density at radius 3 is 2.79 bits per heavy atom. The Balaban J connectivity index is 1.16. The molecule has 0 saturated carbocycles. The second kappa shape index (κ2) is 10.3. The summed E-state index contributed by atoms with van der Waals surface area (Å²) in [6, 6.07) is 22.3. The minimum absolute atomic E-state index is 0.151. The van der Waals surface area contributed by atoms with Crippen molar-refractivity contribution in [3.05, 3.63) is 99.7 Å². The molecule has 0 aliphatic carbocycles. The third-order valence-electron chi connectivity index (χ3n) is 6.75. The summed E-state index contributed by atoms with van der Waals surface area (Å²) in [5, 5.41) is 16.8. The summed E-state index contributed by atoms with van der Waals surface area (Å²) < 4.78 is 12.1. The summed E-state index contributed by atoms with van der Waals surface area (Å²) in [4.78, 5) is 25.8. The van der Waals surface area contributed by atoms with Crippen LogP contribution < -0.4 is 15.5 Å². The molecule has 0 fully saturated rings. The van der Waals surface area contributed by atoms with E-state index in [9.17, 15) is 9.59 Å². The van der Waals surface area contributed by atoms with Gasteiger partial charge in [0.15, 0.2) is 16.8 Å². The van der Waals surface area contributed by atoms with E-state index in [1.54, 1.807) is 24.3 Å². The van der Waals surface area contributed by atoms with Gasteiger partial charge in [-0.3, -0.25) is 9.59 Å². The van der Waals surface area contributed by atoms with Gasteiger partial charge in [0.25, 0.3) is 5.91 Å². The Morgan fingerprint density at radius 1 is 1.05 bits per heavy atom. The predicted molar refractivity (Wildman–Crippen MR) is 142 cm³/mol. The number of ether oxygens (including phenoxy) is 1. The van der Waals surface area contributed by atoms with Gasteiger partial charge in [-0.25, -0.2) is 0 Å². The van der Waals surface area contributed by atoms with Crippen LogP contribution in [0.15, 0.2) is 82.0 Å². The maximum absolute atomic E-state index is 13.2. The minimum atomic E-state index is -0.308. The van der Waals surface area contributed by atoms with Crippen molar-refractivity contribution in [2.45, 2.75) is 38.2 Å². The standard InChI is InChI=1S/C29H25N5O4/c35-24-17-26(28-31-33-34-32-28)38-27-22(24)10-5-11-23(27)30-29(36)20-13-15-25-19(16-20)12-14-21(37-25)9-4-8-18-6-2-1-3-7-18/h1-3,5-7,10-11,13,15-17,21H,4,8-9,12,14H2,(H,30,36)(H,31,32,33,34). The van der Waals surface area contributed by atoms with Crippen molar-refractivity contribution < 1.29 is 13.9 Å². The SMILES string of the molecule is O=C(Nc1cccc2c(=O)cc(-c3nn[nH]n3)oc12)c1ccc2c(c1)CCC(CCCc1ccccc1)O2. The van der Waals surface area contributed by atoms with Gasteiger partial charge < -0.3 is 14.5 Å². The first-order valence-corrected chi connectivity index (χ1v) is 12.6. The molecule has 5 aromatic rings. The lowest BCUT2D eigenvalue weighted by atomic mass is 9.96. The third kappa shape index (κ3) is 4.90. The predicted octanol–water partition coefficient (Wildman–Crippen LogP) is 4.94. The Hall–Kier alpha value is -4.79. The highest BCUT2D eigenvalue weighted by atomic mass is 16.5. The van der Waals surface area contributed by atoms with Crippen molar-refractivity contribution in [2.24, 2.45) is 0 Å². The molecule has 2 aromatic heterocycles. The number of hydrogen-bond acceptors (Lipinski definition) is 7. The monoisotopic (exact) mass is 507 g/mol. The molecule has 1 aliphatic rings. The summed E-state index contributed by atoms with van der Waals surface area (Å²) in [6.07, 6.45) is 5.05. The van der Waals surface area contributed by atoms with Gasteiger partial charge in [-0.15, -0.1) is 10.2 Å². The zero-order chi connectivity index (χ0) is 25.9. The van der Waals surface area contributed by atoms with Gasteiger partial charge in [0.05, 0.1) is 17.2 Å². The van der Waals surface area contributed by atoms with E-state index in [2.05, 4.69) is 50.2 Å². The fourth-order valence-corrected chi connectivity index (χ4v) is 4.81. The van der Waals surface area contributed by atoms with Crippen LogP contribution in [-0.2, 0) is 12.8 Å². The maximum Gasteiger partial charge on any atom is 0.255 e. The van der Waals surface area contributed by atoms with Crippen LogP contribution in [0.4, 0.5) is 5.69 Å².